The largest absolute Gasteiger partial charge is 0.322 e. The molecule has 0 radical (unpaired) electrons. The summed E-state index contributed by atoms with van der Waals surface area (Å²) in [5.41, 5.74) is 9.02. The van der Waals surface area contributed by atoms with E-state index in [4.69, 9.17) is 5.73 Å². The Kier molecular flexibility index (Phi) is 3.76. The maximum Gasteiger partial charge on any atom is 0.143 e. The van der Waals surface area contributed by atoms with E-state index in [1.165, 1.54) is 0 Å². The molecule has 0 spiro atoms. The van der Waals surface area contributed by atoms with Gasteiger partial charge < -0.3 is 5.73 Å². The van der Waals surface area contributed by atoms with E-state index in [0.29, 0.717) is 5.92 Å². The molecule has 0 saturated carbocycles. The third kappa shape index (κ3) is 2.84. The Morgan fingerprint density at radius 1 is 1.29 bits per heavy atom. The SMILES string of the molecule is CC(C)C(N)c1nc(-c2cccc(-n3cnnn3)c2)cs1. The lowest BCUT2D eigenvalue weighted by molar-refractivity contribution is 0.512. The number of nitrogens with zero attached hydrogens (tertiary/aromatic N) is 5. The summed E-state index contributed by atoms with van der Waals surface area (Å²) in [5.74, 6) is 0.372. The predicted octanol–water partition coefficient (Wildman–Crippen LogP) is 2.44. The van der Waals surface area contributed by atoms with Crippen LogP contribution in [0.4, 0.5) is 0 Å². The van der Waals surface area contributed by atoms with Crippen LogP contribution in [0.2, 0.25) is 0 Å². The van der Waals surface area contributed by atoms with Gasteiger partial charge in [-0.15, -0.1) is 16.4 Å². The molecule has 0 fully saturated rings. The summed E-state index contributed by atoms with van der Waals surface area (Å²) in [6, 6.07) is 7.93. The highest BCUT2D eigenvalue weighted by Crippen LogP contribution is 2.28. The Labute approximate surface area is 126 Å². The van der Waals surface area contributed by atoms with Crippen molar-refractivity contribution in [3.8, 4) is 16.9 Å². The Hall–Kier alpha value is -2.12. The van der Waals surface area contributed by atoms with Crippen molar-refractivity contribution >= 4 is 11.3 Å². The van der Waals surface area contributed by atoms with E-state index in [9.17, 15) is 0 Å². The number of aromatic nitrogens is 5. The number of benzene rings is 1. The second-order valence-electron chi connectivity index (χ2n) is 5.15. The van der Waals surface area contributed by atoms with E-state index in [1.54, 1.807) is 22.3 Å². The van der Waals surface area contributed by atoms with Gasteiger partial charge in [0.1, 0.15) is 11.3 Å². The summed E-state index contributed by atoms with van der Waals surface area (Å²) in [5, 5.41) is 14.2. The summed E-state index contributed by atoms with van der Waals surface area (Å²) in [6.45, 7) is 4.20. The Bertz CT molecular complexity index is 719. The number of hydrogen-bond acceptors (Lipinski definition) is 6. The van der Waals surface area contributed by atoms with E-state index in [1.807, 2.05) is 29.6 Å². The summed E-state index contributed by atoms with van der Waals surface area (Å²) >= 11 is 1.60. The monoisotopic (exact) mass is 300 g/mol. The maximum absolute atomic E-state index is 6.15. The highest BCUT2D eigenvalue weighted by Gasteiger charge is 2.15. The predicted molar refractivity (Wildman–Crippen MR) is 82.0 cm³/mol. The van der Waals surface area contributed by atoms with Gasteiger partial charge in [0, 0.05) is 10.9 Å². The molecule has 1 atom stereocenters. The van der Waals surface area contributed by atoms with Crippen LogP contribution in [-0.4, -0.2) is 25.2 Å². The Morgan fingerprint density at radius 2 is 2.14 bits per heavy atom. The van der Waals surface area contributed by atoms with Crippen LogP contribution >= 0.6 is 11.3 Å². The second-order valence-corrected chi connectivity index (χ2v) is 6.04. The summed E-state index contributed by atoms with van der Waals surface area (Å²) in [7, 11) is 0. The molecule has 0 amide bonds. The molecule has 0 aliphatic heterocycles. The fraction of sp³-hybridized carbons (Fsp3) is 0.286. The molecule has 21 heavy (non-hydrogen) atoms. The zero-order chi connectivity index (χ0) is 14.8. The molecule has 0 saturated heterocycles. The average Bonchev–Trinajstić information content (AvgIpc) is 3.18. The van der Waals surface area contributed by atoms with Crippen LogP contribution in [0.3, 0.4) is 0 Å². The minimum absolute atomic E-state index is 0.0218. The molecule has 3 aromatic rings. The van der Waals surface area contributed by atoms with E-state index < -0.39 is 0 Å². The van der Waals surface area contributed by atoms with Crippen LogP contribution in [0, 0.1) is 5.92 Å². The molecular weight excluding hydrogens is 284 g/mol. The molecule has 2 aromatic heterocycles. The van der Waals surface area contributed by atoms with Gasteiger partial charge in [0.2, 0.25) is 0 Å². The highest BCUT2D eigenvalue weighted by molar-refractivity contribution is 7.10. The molecule has 1 unspecified atom stereocenters. The minimum Gasteiger partial charge on any atom is -0.322 e. The molecule has 7 heteroatoms. The van der Waals surface area contributed by atoms with Gasteiger partial charge in [0.05, 0.1) is 17.4 Å². The van der Waals surface area contributed by atoms with Gasteiger partial charge >= 0.3 is 0 Å². The topological polar surface area (TPSA) is 82.5 Å². The van der Waals surface area contributed by atoms with Crippen molar-refractivity contribution in [2.75, 3.05) is 0 Å². The standard InChI is InChI=1S/C14H16N6S/c1-9(2)13(15)14-17-12(7-21-14)10-4-3-5-11(6-10)20-8-16-18-19-20/h3-9,13H,15H2,1-2H3. The first-order valence-electron chi connectivity index (χ1n) is 6.70. The number of nitrogens with two attached hydrogens (primary N) is 1. The molecule has 108 valence electrons. The summed E-state index contributed by atoms with van der Waals surface area (Å²) in [4.78, 5) is 4.66. The molecule has 0 bridgehead atoms. The molecule has 0 aliphatic carbocycles. The van der Waals surface area contributed by atoms with Crippen LogP contribution in [0.5, 0.6) is 0 Å². The fourth-order valence-corrected chi connectivity index (χ4v) is 2.95. The van der Waals surface area contributed by atoms with Crippen molar-refractivity contribution in [1.82, 2.24) is 25.2 Å². The highest BCUT2D eigenvalue weighted by atomic mass is 32.1. The normalized spacial score (nSPS) is 12.8. The number of rotatable bonds is 4. The van der Waals surface area contributed by atoms with Crippen LogP contribution < -0.4 is 5.73 Å². The Morgan fingerprint density at radius 3 is 2.86 bits per heavy atom. The Balaban J connectivity index is 1.93. The van der Waals surface area contributed by atoms with Gasteiger partial charge in [0.25, 0.3) is 0 Å². The van der Waals surface area contributed by atoms with Crippen molar-refractivity contribution in [3.63, 3.8) is 0 Å². The molecule has 2 N–H and O–H groups in total. The van der Waals surface area contributed by atoms with Gasteiger partial charge in [-0.1, -0.05) is 26.0 Å². The molecular formula is C14H16N6S. The van der Waals surface area contributed by atoms with Crippen LogP contribution in [0.1, 0.15) is 24.9 Å². The van der Waals surface area contributed by atoms with E-state index in [0.717, 1.165) is 22.0 Å². The third-order valence-electron chi connectivity index (χ3n) is 3.28. The quantitative estimate of drug-likeness (QED) is 0.800. The van der Waals surface area contributed by atoms with Gasteiger partial charge in [-0.2, -0.15) is 0 Å². The molecule has 0 aliphatic rings. The van der Waals surface area contributed by atoms with Crippen LogP contribution in [-0.2, 0) is 0 Å². The van der Waals surface area contributed by atoms with Crippen molar-refractivity contribution in [1.29, 1.82) is 0 Å². The van der Waals surface area contributed by atoms with Gasteiger partial charge in [-0.25, -0.2) is 9.67 Å². The van der Waals surface area contributed by atoms with Crippen molar-refractivity contribution in [2.45, 2.75) is 19.9 Å². The lowest BCUT2D eigenvalue weighted by Gasteiger charge is -2.11. The fourth-order valence-electron chi connectivity index (χ4n) is 1.95. The molecule has 3 rings (SSSR count). The molecule has 6 nitrogen and oxygen atoms in total. The van der Waals surface area contributed by atoms with E-state index in [2.05, 4.69) is 34.4 Å². The molecule has 2 heterocycles. The lowest BCUT2D eigenvalue weighted by Crippen LogP contribution is -2.16. The average molecular weight is 300 g/mol. The zero-order valence-corrected chi connectivity index (χ0v) is 12.7. The van der Waals surface area contributed by atoms with E-state index >= 15 is 0 Å². The number of hydrogen-bond donors (Lipinski definition) is 1. The second kappa shape index (κ2) is 5.71. The van der Waals surface area contributed by atoms with Crippen molar-refractivity contribution in [2.24, 2.45) is 11.7 Å². The third-order valence-corrected chi connectivity index (χ3v) is 4.23. The maximum atomic E-state index is 6.15. The zero-order valence-electron chi connectivity index (χ0n) is 11.8. The number of tetrazole rings is 1. The van der Waals surface area contributed by atoms with E-state index in [-0.39, 0.29) is 6.04 Å². The first-order chi connectivity index (χ1) is 10.1. The summed E-state index contributed by atoms with van der Waals surface area (Å²) in [6.07, 6.45) is 1.57. The number of thiazole rings is 1. The summed E-state index contributed by atoms with van der Waals surface area (Å²) < 4.78 is 1.62. The minimum atomic E-state index is -0.0218. The van der Waals surface area contributed by atoms with Crippen molar-refractivity contribution < 1.29 is 0 Å². The molecule has 1 aromatic carbocycles. The van der Waals surface area contributed by atoms with Gasteiger partial charge in [-0.3, -0.25) is 0 Å². The van der Waals surface area contributed by atoms with Crippen LogP contribution in [0.15, 0.2) is 36.0 Å². The first kappa shape index (κ1) is 13.8. The lowest BCUT2D eigenvalue weighted by atomic mass is 10.1. The van der Waals surface area contributed by atoms with Gasteiger partial charge in [0.15, 0.2) is 0 Å². The first-order valence-corrected chi connectivity index (χ1v) is 7.58. The van der Waals surface area contributed by atoms with Gasteiger partial charge in [-0.05, 0) is 28.5 Å². The van der Waals surface area contributed by atoms with Crippen LogP contribution in [0.25, 0.3) is 16.9 Å². The smallest absolute Gasteiger partial charge is 0.143 e. The van der Waals surface area contributed by atoms with Crippen molar-refractivity contribution in [3.05, 3.63) is 41.0 Å².